The van der Waals surface area contributed by atoms with Gasteiger partial charge in [-0.15, -0.1) is 0 Å². The van der Waals surface area contributed by atoms with Crippen LogP contribution in [0.1, 0.15) is 26.5 Å². The van der Waals surface area contributed by atoms with Crippen molar-refractivity contribution in [2.24, 2.45) is 7.05 Å². The van der Waals surface area contributed by atoms with Crippen molar-refractivity contribution in [3.8, 4) is 11.5 Å². The first-order valence-electron chi connectivity index (χ1n) is 7.13. The molecule has 24 heavy (non-hydrogen) atoms. The molecular weight excluding hydrogens is 314 g/mol. The van der Waals surface area contributed by atoms with Crippen molar-refractivity contribution >= 4 is 11.9 Å². The molecule has 0 unspecified atom stereocenters. The van der Waals surface area contributed by atoms with Gasteiger partial charge in [-0.1, -0.05) is 6.07 Å². The minimum Gasteiger partial charge on any atom is -0.497 e. The lowest BCUT2D eigenvalue weighted by molar-refractivity contribution is 0.0579. The Morgan fingerprint density at radius 3 is 2.29 bits per heavy atom. The molecule has 7 heteroatoms. The number of carbonyl (C=O) groups excluding carboxylic acids is 2. The van der Waals surface area contributed by atoms with E-state index in [2.05, 4.69) is 0 Å². The Morgan fingerprint density at radius 1 is 1.00 bits per heavy atom. The van der Waals surface area contributed by atoms with Crippen LogP contribution < -0.4 is 9.47 Å². The number of carbonyl (C=O) groups is 2. The molecule has 0 aliphatic rings. The lowest BCUT2D eigenvalue weighted by Crippen LogP contribution is -2.14. The molecule has 0 bridgehead atoms. The van der Waals surface area contributed by atoms with E-state index in [0.29, 0.717) is 17.1 Å². The summed E-state index contributed by atoms with van der Waals surface area (Å²) >= 11 is 0. The fraction of sp³-hybridized carbons (Fsp3) is 0.294. The van der Waals surface area contributed by atoms with Gasteiger partial charge < -0.3 is 23.5 Å². The van der Waals surface area contributed by atoms with Crippen LogP contribution >= 0.6 is 0 Å². The predicted molar refractivity (Wildman–Crippen MR) is 85.4 cm³/mol. The van der Waals surface area contributed by atoms with Crippen LogP contribution in [0.2, 0.25) is 0 Å². The highest BCUT2D eigenvalue weighted by atomic mass is 16.5. The molecule has 1 aromatic heterocycles. The molecule has 0 atom stereocenters. The molecule has 0 spiro atoms. The van der Waals surface area contributed by atoms with E-state index in [0.717, 1.165) is 0 Å². The summed E-state index contributed by atoms with van der Waals surface area (Å²) in [5, 5.41) is 0. The number of nitrogens with zero attached hydrogens (tertiary/aromatic N) is 1. The predicted octanol–water partition coefficient (Wildman–Crippen LogP) is 2.19. The van der Waals surface area contributed by atoms with E-state index in [-0.39, 0.29) is 18.0 Å². The van der Waals surface area contributed by atoms with Gasteiger partial charge in [0, 0.05) is 18.7 Å². The van der Waals surface area contributed by atoms with Crippen molar-refractivity contribution in [2.45, 2.75) is 6.61 Å². The molecule has 2 aromatic rings. The molecule has 1 heterocycles. The third-order valence-electron chi connectivity index (χ3n) is 3.52. The Bertz CT molecular complexity index is 750. The lowest BCUT2D eigenvalue weighted by atomic mass is 10.2. The van der Waals surface area contributed by atoms with Gasteiger partial charge in [0.1, 0.15) is 29.5 Å². The normalized spacial score (nSPS) is 10.2. The van der Waals surface area contributed by atoms with E-state index in [4.69, 9.17) is 18.9 Å². The second kappa shape index (κ2) is 7.54. The molecule has 0 N–H and O–H groups in total. The van der Waals surface area contributed by atoms with Crippen molar-refractivity contribution < 1.29 is 28.5 Å². The van der Waals surface area contributed by atoms with Gasteiger partial charge in [-0.2, -0.15) is 0 Å². The van der Waals surface area contributed by atoms with Crippen molar-refractivity contribution in [2.75, 3.05) is 21.3 Å². The Kier molecular flexibility index (Phi) is 5.47. The van der Waals surface area contributed by atoms with E-state index in [1.807, 2.05) is 0 Å². The van der Waals surface area contributed by atoms with Crippen LogP contribution in [0.5, 0.6) is 11.5 Å². The highest BCUT2D eigenvalue weighted by Gasteiger charge is 2.24. The first kappa shape index (κ1) is 17.4. The number of rotatable bonds is 6. The molecule has 0 saturated carbocycles. The second-order valence-electron chi connectivity index (χ2n) is 4.91. The molecule has 0 fully saturated rings. The van der Waals surface area contributed by atoms with E-state index < -0.39 is 11.9 Å². The Hall–Kier alpha value is -2.96. The van der Waals surface area contributed by atoms with Gasteiger partial charge >= 0.3 is 11.9 Å². The first-order valence-corrected chi connectivity index (χ1v) is 7.13. The molecule has 0 radical (unpaired) electrons. The van der Waals surface area contributed by atoms with Gasteiger partial charge in [0.05, 0.1) is 21.3 Å². The van der Waals surface area contributed by atoms with Gasteiger partial charge in [-0.25, -0.2) is 9.59 Å². The number of methoxy groups -OCH3 is 3. The maximum atomic E-state index is 12.0. The van der Waals surface area contributed by atoms with Gasteiger partial charge in [0.25, 0.3) is 0 Å². The molecule has 0 amide bonds. The van der Waals surface area contributed by atoms with Crippen molar-refractivity contribution in [3.05, 3.63) is 47.3 Å². The van der Waals surface area contributed by atoms with Crippen molar-refractivity contribution in [1.29, 1.82) is 0 Å². The van der Waals surface area contributed by atoms with Crippen molar-refractivity contribution in [1.82, 2.24) is 4.57 Å². The standard InChI is InChI=1S/C17H19NO6/c1-18-14(16(19)22-3)8-11(15(18)17(20)23-4)10-24-13-7-5-6-12(9-13)21-2/h5-9H,10H2,1-4H3. The Morgan fingerprint density at radius 2 is 1.67 bits per heavy atom. The summed E-state index contributed by atoms with van der Waals surface area (Å²) in [5.74, 6) is 0.129. The van der Waals surface area contributed by atoms with Gasteiger partial charge in [-0.3, -0.25) is 0 Å². The maximum absolute atomic E-state index is 12.0. The van der Waals surface area contributed by atoms with Gasteiger partial charge in [0.2, 0.25) is 0 Å². The molecule has 2 rings (SSSR count). The largest absolute Gasteiger partial charge is 0.497 e. The minimum absolute atomic E-state index is 0.0857. The first-order chi connectivity index (χ1) is 11.5. The fourth-order valence-corrected chi connectivity index (χ4v) is 2.29. The highest BCUT2D eigenvalue weighted by molar-refractivity contribution is 5.94. The van der Waals surface area contributed by atoms with Crippen LogP contribution in [0.25, 0.3) is 0 Å². The smallest absolute Gasteiger partial charge is 0.355 e. The summed E-state index contributed by atoms with van der Waals surface area (Å²) in [5.41, 5.74) is 0.996. The third kappa shape index (κ3) is 3.51. The van der Waals surface area contributed by atoms with E-state index >= 15 is 0 Å². The van der Waals surface area contributed by atoms with Crippen LogP contribution in [-0.4, -0.2) is 37.8 Å². The minimum atomic E-state index is -0.558. The maximum Gasteiger partial charge on any atom is 0.355 e. The summed E-state index contributed by atoms with van der Waals surface area (Å²) in [6.45, 7) is 0.0857. The number of hydrogen-bond donors (Lipinski definition) is 0. The van der Waals surface area contributed by atoms with E-state index in [1.54, 1.807) is 44.5 Å². The molecule has 128 valence electrons. The average molecular weight is 333 g/mol. The summed E-state index contributed by atoms with van der Waals surface area (Å²) < 4.78 is 21.8. The topological polar surface area (TPSA) is 76.0 Å². The summed E-state index contributed by atoms with van der Waals surface area (Å²) in [6.07, 6.45) is 0. The monoisotopic (exact) mass is 333 g/mol. The SMILES string of the molecule is COC(=O)c1cc(COc2cccc(OC)c2)c(C(=O)OC)n1C. The number of esters is 2. The number of ether oxygens (including phenoxy) is 4. The quantitative estimate of drug-likeness (QED) is 0.754. The van der Waals surface area contributed by atoms with Crippen LogP contribution in [0.15, 0.2) is 30.3 Å². The molecular formula is C17H19NO6. The number of benzene rings is 1. The summed E-state index contributed by atoms with van der Waals surface area (Å²) in [7, 11) is 5.71. The summed E-state index contributed by atoms with van der Waals surface area (Å²) in [4.78, 5) is 23.8. The zero-order valence-corrected chi connectivity index (χ0v) is 14.0. The third-order valence-corrected chi connectivity index (χ3v) is 3.52. The van der Waals surface area contributed by atoms with Crippen molar-refractivity contribution in [3.63, 3.8) is 0 Å². The van der Waals surface area contributed by atoms with Gasteiger partial charge in [-0.05, 0) is 18.2 Å². The zero-order chi connectivity index (χ0) is 17.7. The van der Waals surface area contributed by atoms with Crippen LogP contribution in [0.3, 0.4) is 0 Å². The number of aromatic nitrogens is 1. The highest BCUT2D eigenvalue weighted by Crippen LogP contribution is 2.22. The zero-order valence-electron chi connectivity index (χ0n) is 14.0. The van der Waals surface area contributed by atoms with Crippen LogP contribution in [0, 0.1) is 0 Å². The Labute approximate surface area is 139 Å². The van der Waals surface area contributed by atoms with Crippen LogP contribution in [0.4, 0.5) is 0 Å². The molecule has 7 nitrogen and oxygen atoms in total. The molecule has 1 aromatic carbocycles. The fourth-order valence-electron chi connectivity index (χ4n) is 2.29. The van der Waals surface area contributed by atoms with Crippen LogP contribution in [-0.2, 0) is 23.1 Å². The second-order valence-corrected chi connectivity index (χ2v) is 4.91. The molecule has 0 aliphatic heterocycles. The van der Waals surface area contributed by atoms with E-state index in [9.17, 15) is 9.59 Å². The van der Waals surface area contributed by atoms with Gasteiger partial charge in [0.15, 0.2) is 0 Å². The average Bonchev–Trinajstić information content (AvgIpc) is 2.95. The number of hydrogen-bond acceptors (Lipinski definition) is 6. The van der Waals surface area contributed by atoms with E-state index in [1.165, 1.54) is 18.8 Å². The molecule has 0 saturated heterocycles. The Balaban J connectivity index is 2.31. The lowest BCUT2D eigenvalue weighted by Gasteiger charge is -2.09. The summed E-state index contributed by atoms with van der Waals surface area (Å²) in [6, 6.07) is 8.63. The molecule has 0 aliphatic carbocycles.